The van der Waals surface area contributed by atoms with Gasteiger partial charge in [0.2, 0.25) is 0 Å². The van der Waals surface area contributed by atoms with Gasteiger partial charge in [-0.1, -0.05) is 52.0 Å². The van der Waals surface area contributed by atoms with Crippen LogP contribution >= 0.6 is 7.60 Å². The molecule has 0 spiro atoms. The number of hydrogen-bond donors (Lipinski definition) is 0. The van der Waals surface area contributed by atoms with E-state index < -0.39 is 18.8 Å². The smallest absolute Gasteiger partial charge is 0.303 e. The highest BCUT2D eigenvalue weighted by molar-refractivity contribution is 7.53. The van der Waals surface area contributed by atoms with E-state index in [0.717, 1.165) is 5.56 Å². The molecule has 0 bridgehead atoms. The molecule has 3 nitrogen and oxygen atoms in total. The first-order chi connectivity index (χ1) is 12.1. The fourth-order valence-corrected chi connectivity index (χ4v) is 5.81. The first-order valence-electron chi connectivity index (χ1n) is 10.2. The Labute approximate surface area is 167 Å². The molecule has 0 aliphatic carbocycles. The minimum Gasteiger partial charge on any atom is -0.303 e. The second-order valence-corrected chi connectivity index (χ2v) is 12.3. The van der Waals surface area contributed by atoms with Crippen molar-refractivity contribution < 1.29 is 13.6 Å². The summed E-state index contributed by atoms with van der Waals surface area (Å²) in [5, 5.41) is 0. The predicted octanol–water partition coefficient (Wildman–Crippen LogP) is 7.80. The van der Waals surface area contributed by atoms with Crippen molar-refractivity contribution in [3.05, 3.63) is 35.4 Å². The lowest BCUT2D eigenvalue weighted by atomic mass is 9.82. The number of benzene rings is 1. The van der Waals surface area contributed by atoms with Gasteiger partial charge in [0.1, 0.15) is 0 Å². The van der Waals surface area contributed by atoms with E-state index in [1.165, 1.54) is 12.0 Å². The van der Waals surface area contributed by atoms with E-state index in [1.807, 2.05) is 41.5 Å². The fourth-order valence-electron chi connectivity index (χ4n) is 3.31. The van der Waals surface area contributed by atoms with Gasteiger partial charge in [0.25, 0.3) is 0 Å². The summed E-state index contributed by atoms with van der Waals surface area (Å²) >= 11 is 0. The van der Waals surface area contributed by atoms with Gasteiger partial charge in [-0.15, -0.1) is 0 Å². The minimum absolute atomic E-state index is 0.290. The second kappa shape index (κ2) is 9.25. The molecule has 1 atom stereocenters. The average molecular weight is 397 g/mol. The van der Waals surface area contributed by atoms with Gasteiger partial charge in [0.05, 0.1) is 17.4 Å². The summed E-state index contributed by atoms with van der Waals surface area (Å²) in [5.41, 5.74) is 1.29. The topological polar surface area (TPSA) is 35.5 Å². The van der Waals surface area contributed by atoms with Crippen LogP contribution in [0.15, 0.2) is 24.3 Å². The first-order valence-corrected chi connectivity index (χ1v) is 11.9. The van der Waals surface area contributed by atoms with Gasteiger partial charge < -0.3 is 9.05 Å². The zero-order valence-electron chi connectivity index (χ0n) is 19.1. The lowest BCUT2D eigenvalue weighted by Crippen LogP contribution is -2.24. The Kier molecular flexibility index (Phi) is 8.36. The van der Waals surface area contributed by atoms with Crippen molar-refractivity contribution in [2.75, 3.05) is 0 Å². The Balaban J connectivity index is 3.05. The van der Waals surface area contributed by atoms with E-state index in [9.17, 15) is 4.57 Å². The van der Waals surface area contributed by atoms with Crippen LogP contribution in [0.4, 0.5) is 0 Å². The van der Waals surface area contributed by atoms with Crippen molar-refractivity contribution in [1.29, 1.82) is 0 Å². The van der Waals surface area contributed by atoms with Crippen LogP contribution in [-0.4, -0.2) is 11.2 Å². The predicted molar refractivity (Wildman–Crippen MR) is 116 cm³/mol. The average Bonchev–Trinajstić information content (AvgIpc) is 2.40. The fraction of sp³-hybridized carbons (Fsp3) is 0.739. The van der Waals surface area contributed by atoms with Crippen molar-refractivity contribution in [3.8, 4) is 0 Å². The summed E-state index contributed by atoms with van der Waals surface area (Å²) in [4.78, 5) is 0. The second-order valence-electron chi connectivity index (χ2n) is 10.4. The van der Waals surface area contributed by atoms with Crippen LogP contribution in [-0.2, 0) is 19.8 Å². The maximum Gasteiger partial charge on any atom is 0.336 e. The van der Waals surface area contributed by atoms with Crippen LogP contribution in [0.2, 0.25) is 0 Å². The molecule has 0 heterocycles. The molecule has 0 fully saturated rings. The molecule has 0 aliphatic heterocycles. The summed E-state index contributed by atoms with van der Waals surface area (Å²) in [6.45, 7) is 20.6. The molecule has 0 saturated heterocycles. The van der Waals surface area contributed by atoms with Gasteiger partial charge in [-0.2, -0.15) is 0 Å². The molecule has 156 valence electrons. The van der Waals surface area contributed by atoms with Gasteiger partial charge >= 0.3 is 7.60 Å². The van der Waals surface area contributed by atoms with Crippen molar-refractivity contribution >= 4 is 7.60 Å². The molecule has 0 amide bonds. The van der Waals surface area contributed by atoms with E-state index in [2.05, 4.69) is 52.0 Å². The highest BCUT2D eigenvalue weighted by Crippen LogP contribution is 2.57. The summed E-state index contributed by atoms with van der Waals surface area (Å²) in [7, 11) is -3.26. The Bertz CT molecular complexity index is 599. The maximum atomic E-state index is 13.4. The van der Waals surface area contributed by atoms with Crippen LogP contribution in [0, 0.1) is 11.8 Å². The van der Waals surface area contributed by atoms with Crippen LogP contribution < -0.4 is 0 Å². The van der Waals surface area contributed by atoms with Crippen molar-refractivity contribution in [1.82, 2.24) is 0 Å². The Morgan fingerprint density at radius 2 is 1.30 bits per heavy atom. The third-order valence-corrected chi connectivity index (χ3v) is 6.54. The Hall–Kier alpha value is -0.630. The molecule has 0 N–H and O–H groups in total. The molecule has 0 aliphatic rings. The molecule has 4 heteroatoms. The van der Waals surface area contributed by atoms with E-state index in [-0.39, 0.29) is 0 Å². The molecular weight excluding hydrogens is 355 g/mol. The molecule has 0 aromatic heterocycles. The standard InChI is InChI=1S/C23H41O3P/c1-17(2)15-21(18(3)4)20-13-11-19(12-14-20)16-27(24,25-22(5,6)7)26-23(8,9)10/h11-14,17-18,21H,15-16H2,1-10H3. The third-order valence-electron chi connectivity index (χ3n) is 4.14. The van der Waals surface area contributed by atoms with E-state index in [1.54, 1.807) is 0 Å². The Morgan fingerprint density at radius 3 is 1.63 bits per heavy atom. The van der Waals surface area contributed by atoms with Gasteiger partial charge in [-0.25, -0.2) is 0 Å². The zero-order chi connectivity index (χ0) is 21.0. The molecule has 27 heavy (non-hydrogen) atoms. The lowest BCUT2D eigenvalue weighted by molar-refractivity contribution is 0.0485. The minimum atomic E-state index is -3.26. The summed E-state index contributed by atoms with van der Waals surface area (Å²) < 4.78 is 25.3. The first kappa shape index (κ1) is 24.4. The van der Waals surface area contributed by atoms with Crippen molar-refractivity contribution in [2.45, 2.75) is 98.9 Å². The molecule has 0 radical (unpaired) electrons. The SMILES string of the molecule is CC(C)CC(c1ccc(CP(=O)(OC(C)(C)C)OC(C)(C)C)cc1)C(C)C. The molecule has 1 aromatic rings. The van der Waals surface area contributed by atoms with Crippen molar-refractivity contribution in [2.24, 2.45) is 11.8 Å². The molecule has 1 aromatic carbocycles. The van der Waals surface area contributed by atoms with Crippen molar-refractivity contribution in [3.63, 3.8) is 0 Å². The van der Waals surface area contributed by atoms with Gasteiger partial charge in [-0.05, 0) is 76.8 Å². The van der Waals surface area contributed by atoms with Crippen LogP contribution in [0.5, 0.6) is 0 Å². The summed E-state index contributed by atoms with van der Waals surface area (Å²) in [6.07, 6.45) is 1.47. The monoisotopic (exact) mass is 396 g/mol. The molecule has 1 rings (SSSR count). The normalized spacial score (nSPS) is 14.8. The van der Waals surface area contributed by atoms with Gasteiger partial charge in [0.15, 0.2) is 0 Å². The number of hydrogen-bond acceptors (Lipinski definition) is 3. The van der Waals surface area contributed by atoms with E-state index >= 15 is 0 Å². The van der Waals surface area contributed by atoms with Crippen LogP contribution in [0.3, 0.4) is 0 Å². The zero-order valence-corrected chi connectivity index (χ0v) is 20.0. The van der Waals surface area contributed by atoms with E-state index in [0.29, 0.717) is 23.9 Å². The number of rotatable bonds is 8. The molecular formula is C23H41O3P. The molecule has 0 saturated carbocycles. The Morgan fingerprint density at radius 1 is 0.852 bits per heavy atom. The highest BCUT2D eigenvalue weighted by Gasteiger charge is 2.35. The third kappa shape index (κ3) is 9.41. The van der Waals surface area contributed by atoms with Gasteiger partial charge in [-0.3, -0.25) is 4.57 Å². The molecule has 1 unspecified atom stereocenters. The quantitative estimate of drug-likeness (QED) is 0.421. The van der Waals surface area contributed by atoms with Crippen LogP contribution in [0.25, 0.3) is 0 Å². The summed E-state index contributed by atoms with van der Waals surface area (Å²) in [5.74, 6) is 1.80. The highest BCUT2D eigenvalue weighted by atomic mass is 31.2. The summed E-state index contributed by atoms with van der Waals surface area (Å²) in [6, 6.07) is 8.52. The lowest BCUT2D eigenvalue weighted by Gasteiger charge is -2.32. The maximum absolute atomic E-state index is 13.4. The van der Waals surface area contributed by atoms with Crippen LogP contribution in [0.1, 0.15) is 92.7 Å². The largest absolute Gasteiger partial charge is 0.336 e. The van der Waals surface area contributed by atoms with Gasteiger partial charge in [0, 0.05) is 0 Å². The van der Waals surface area contributed by atoms with E-state index in [4.69, 9.17) is 9.05 Å².